The number of carbonyl (C=O) groups is 2. The Kier molecular flexibility index (Phi) is 12.9. The van der Waals surface area contributed by atoms with E-state index in [1.807, 2.05) is 53.0 Å². The van der Waals surface area contributed by atoms with Gasteiger partial charge in [-0.15, -0.1) is 10.2 Å². The molecule has 2 aliphatic heterocycles. The second kappa shape index (κ2) is 18.8. The Morgan fingerprint density at radius 2 is 1.78 bits per heavy atom. The Hall–Kier alpha value is -5.49. The fourth-order valence-corrected chi connectivity index (χ4v) is 9.48. The van der Waals surface area contributed by atoms with Crippen LogP contribution in [0.15, 0.2) is 82.7 Å². The van der Waals surface area contributed by atoms with Crippen molar-refractivity contribution in [3.05, 3.63) is 117 Å². The quantitative estimate of drug-likeness (QED) is 0.143. The van der Waals surface area contributed by atoms with Crippen molar-refractivity contribution in [3.63, 3.8) is 0 Å². The lowest BCUT2D eigenvalue weighted by Gasteiger charge is -2.36. The predicted octanol–water partition coefficient (Wildman–Crippen LogP) is 5.23. The Balaban J connectivity index is 0.728. The van der Waals surface area contributed by atoms with E-state index in [-0.39, 0.29) is 23.5 Å². The molecule has 0 aliphatic carbocycles. The Labute approximate surface area is 356 Å². The van der Waals surface area contributed by atoms with E-state index in [1.165, 1.54) is 22.5 Å². The zero-order valence-electron chi connectivity index (χ0n) is 34.1. The van der Waals surface area contributed by atoms with Crippen LogP contribution in [0, 0.1) is 6.92 Å². The molecule has 0 spiro atoms. The third-order valence-corrected chi connectivity index (χ3v) is 13.3. The summed E-state index contributed by atoms with van der Waals surface area (Å²) in [6, 6.07) is 14.0. The maximum atomic E-state index is 13.4. The van der Waals surface area contributed by atoms with Crippen LogP contribution in [0.1, 0.15) is 62.3 Å². The number of rotatable bonds is 14. The zero-order valence-corrected chi connectivity index (χ0v) is 35.8. The standard InChI is InChI=1S/C43H49N11O4S2/c1-4-31-23-37-38(47-39(31)55)22-30(24-45-37)26-51-15-17-52(18-16-51)34-7-8-36(46-25-34)41(56)53-12-9-35(10-13-53)58-20-19-50(3)42(57)40-48-49-43(60-40)59-27-32-5-6-33(21-29(32)2)54-14-11-44-28-54/h5-8,11,14,21-25,28,35H,4,9-10,12-13,15-20,26-27H2,1-3H3,(H,47,55). The number of hydrogen-bond acceptors (Lipinski definition) is 13. The number of aromatic nitrogens is 7. The van der Waals surface area contributed by atoms with Gasteiger partial charge in [-0.1, -0.05) is 36.1 Å². The van der Waals surface area contributed by atoms with E-state index in [9.17, 15) is 14.4 Å². The Morgan fingerprint density at radius 3 is 2.52 bits per heavy atom. The molecule has 0 radical (unpaired) electrons. The number of H-pyrrole nitrogens is 1. The number of benzene rings is 1. The van der Waals surface area contributed by atoms with Gasteiger partial charge in [-0.3, -0.25) is 24.3 Å². The number of anilines is 1. The van der Waals surface area contributed by atoms with Crippen molar-refractivity contribution in [2.24, 2.45) is 0 Å². The molecule has 0 atom stereocenters. The van der Waals surface area contributed by atoms with Crippen molar-refractivity contribution in [1.29, 1.82) is 0 Å². The summed E-state index contributed by atoms with van der Waals surface area (Å²) >= 11 is 2.88. The van der Waals surface area contributed by atoms with Crippen LogP contribution in [0.25, 0.3) is 16.7 Å². The third-order valence-electron chi connectivity index (χ3n) is 11.2. The van der Waals surface area contributed by atoms with E-state index in [2.05, 4.69) is 65.1 Å². The van der Waals surface area contributed by atoms with E-state index < -0.39 is 0 Å². The highest BCUT2D eigenvalue weighted by molar-refractivity contribution is 8.00. The van der Waals surface area contributed by atoms with Crippen LogP contribution in [0.3, 0.4) is 0 Å². The number of likely N-dealkylation sites (N-methyl/N-ethyl adjacent to an activating group) is 1. The number of pyridine rings is 3. The minimum atomic E-state index is -0.175. The molecule has 312 valence electrons. The first-order valence-corrected chi connectivity index (χ1v) is 22.2. The van der Waals surface area contributed by atoms with Gasteiger partial charge in [0.15, 0.2) is 4.34 Å². The van der Waals surface area contributed by atoms with Gasteiger partial charge in [0.05, 0.1) is 42.0 Å². The Morgan fingerprint density at radius 1 is 0.967 bits per heavy atom. The summed E-state index contributed by atoms with van der Waals surface area (Å²) in [4.78, 5) is 63.2. The largest absolute Gasteiger partial charge is 0.376 e. The molecular formula is C43H49N11O4S2. The molecule has 0 saturated carbocycles. The van der Waals surface area contributed by atoms with Crippen molar-refractivity contribution in [2.45, 2.75) is 55.9 Å². The van der Waals surface area contributed by atoms with Gasteiger partial charge in [0.2, 0.25) is 5.01 Å². The molecule has 1 N–H and O–H groups in total. The van der Waals surface area contributed by atoms with Gasteiger partial charge in [-0.2, -0.15) is 0 Å². The van der Waals surface area contributed by atoms with E-state index >= 15 is 0 Å². The number of aromatic amines is 1. The van der Waals surface area contributed by atoms with Crippen molar-refractivity contribution in [2.75, 3.05) is 64.4 Å². The second-order valence-electron chi connectivity index (χ2n) is 15.3. The van der Waals surface area contributed by atoms with Crippen molar-refractivity contribution >= 4 is 51.6 Å². The normalized spacial score (nSPS) is 15.2. The lowest BCUT2D eigenvalue weighted by molar-refractivity contribution is 0.00245. The van der Waals surface area contributed by atoms with Gasteiger partial charge in [-0.05, 0) is 79.3 Å². The number of piperidine rings is 1. The molecule has 17 heteroatoms. The van der Waals surface area contributed by atoms with E-state index in [4.69, 9.17) is 4.74 Å². The number of hydrogen-bond donors (Lipinski definition) is 1. The summed E-state index contributed by atoms with van der Waals surface area (Å²) < 4.78 is 8.88. The predicted molar refractivity (Wildman–Crippen MR) is 233 cm³/mol. The first kappa shape index (κ1) is 41.3. The van der Waals surface area contributed by atoms with E-state index in [0.29, 0.717) is 43.4 Å². The minimum Gasteiger partial charge on any atom is -0.376 e. The van der Waals surface area contributed by atoms with Crippen molar-refractivity contribution in [1.82, 2.24) is 49.4 Å². The fourth-order valence-electron chi connectivity index (χ4n) is 7.56. The molecule has 0 bridgehead atoms. The maximum absolute atomic E-state index is 13.4. The average Bonchev–Trinajstić information content (AvgIpc) is 4.00. The maximum Gasteiger partial charge on any atom is 0.284 e. The number of fused-ring (bicyclic) bond motifs is 1. The molecule has 0 unspecified atom stereocenters. The van der Waals surface area contributed by atoms with Crippen LogP contribution in [-0.2, 0) is 23.5 Å². The van der Waals surface area contributed by atoms with Crippen LogP contribution in [0.5, 0.6) is 0 Å². The average molecular weight is 848 g/mol. The lowest BCUT2D eigenvalue weighted by Crippen LogP contribution is -2.46. The SMILES string of the molecule is CCc1cc2ncc(CN3CCN(c4ccc(C(=O)N5CCC(OCCN(C)C(=O)c6nnc(SCc7ccc(-n8ccnc8)cc7C)s6)CC5)nc4)CC3)cc2[nH]c1=O. The number of amides is 2. The molecular weight excluding hydrogens is 799 g/mol. The fraction of sp³-hybridized carbons (Fsp3) is 0.395. The summed E-state index contributed by atoms with van der Waals surface area (Å²) in [5.41, 5.74) is 8.23. The van der Waals surface area contributed by atoms with Gasteiger partial charge in [-0.25, -0.2) is 9.97 Å². The lowest BCUT2D eigenvalue weighted by atomic mass is 10.1. The van der Waals surface area contributed by atoms with Gasteiger partial charge in [0, 0.05) is 95.0 Å². The number of likely N-dealkylation sites (tertiary alicyclic amines) is 1. The third kappa shape index (κ3) is 9.75. The second-order valence-corrected chi connectivity index (χ2v) is 17.5. The molecule has 2 amide bonds. The smallest absolute Gasteiger partial charge is 0.284 e. The van der Waals surface area contributed by atoms with Gasteiger partial charge in [0.25, 0.3) is 17.4 Å². The number of nitrogens with zero attached hydrogens (tertiary/aromatic N) is 10. The van der Waals surface area contributed by atoms with Crippen LogP contribution < -0.4 is 10.5 Å². The molecule has 2 fully saturated rings. The number of thioether (sulfide) groups is 1. The van der Waals surface area contributed by atoms with Gasteiger partial charge < -0.3 is 29.0 Å². The van der Waals surface area contributed by atoms with Crippen LogP contribution in [0.2, 0.25) is 0 Å². The summed E-state index contributed by atoms with van der Waals surface area (Å²) in [5.74, 6) is 0.485. The summed E-state index contributed by atoms with van der Waals surface area (Å²) in [6.07, 6.45) is 11.3. The highest BCUT2D eigenvalue weighted by Gasteiger charge is 2.26. The molecule has 60 heavy (non-hydrogen) atoms. The monoisotopic (exact) mass is 847 g/mol. The zero-order chi connectivity index (χ0) is 41.6. The van der Waals surface area contributed by atoms with E-state index in [0.717, 1.165) is 89.2 Å². The van der Waals surface area contributed by atoms with Gasteiger partial charge >= 0.3 is 0 Å². The number of imidazole rings is 1. The van der Waals surface area contributed by atoms with Crippen molar-refractivity contribution < 1.29 is 14.3 Å². The molecule has 8 rings (SSSR count). The summed E-state index contributed by atoms with van der Waals surface area (Å²) in [6.45, 7) is 10.3. The highest BCUT2D eigenvalue weighted by atomic mass is 32.2. The number of aryl methyl sites for hydroxylation is 2. The highest BCUT2D eigenvalue weighted by Crippen LogP contribution is 2.29. The van der Waals surface area contributed by atoms with Crippen LogP contribution >= 0.6 is 23.1 Å². The number of piperazine rings is 1. The van der Waals surface area contributed by atoms with E-state index in [1.54, 1.807) is 42.4 Å². The van der Waals surface area contributed by atoms with Crippen LogP contribution in [0.4, 0.5) is 5.69 Å². The molecule has 2 aliphatic rings. The molecule has 2 saturated heterocycles. The first-order valence-electron chi connectivity index (χ1n) is 20.4. The Bertz CT molecular complexity index is 2480. The molecule has 7 heterocycles. The van der Waals surface area contributed by atoms with Crippen LogP contribution in [-0.4, -0.2) is 127 Å². The first-order chi connectivity index (χ1) is 29.2. The number of nitrogens with one attached hydrogen (secondary N) is 1. The number of ether oxygens (including phenoxy) is 1. The molecule has 15 nitrogen and oxygen atoms in total. The molecule has 5 aromatic heterocycles. The molecule has 1 aromatic carbocycles. The summed E-state index contributed by atoms with van der Waals surface area (Å²) in [7, 11) is 1.75. The topological polar surface area (TPSA) is 159 Å². The minimum absolute atomic E-state index is 0.0177. The van der Waals surface area contributed by atoms with Crippen molar-refractivity contribution in [3.8, 4) is 5.69 Å². The van der Waals surface area contributed by atoms with Gasteiger partial charge in [0.1, 0.15) is 5.69 Å². The number of carbonyl (C=O) groups excluding carboxylic acids is 2. The summed E-state index contributed by atoms with van der Waals surface area (Å²) in [5, 5.41) is 8.80. The molecule has 6 aromatic rings.